The Kier molecular flexibility index (Phi) is 4.88. The summed E-state index contributed by atoms with van der Waals surface area (Å²) in [5, 5.41) is 0. The second-order valence-corrected chi connectivity index (χ2v) is 8.01. The van der Waals surface area contributed by atoms with Crippen LogP contribution in [0.15, 0.2) is 84.1 Å². The third kappa shape index (κ3) is 3.76. The van der Waals surface area contributed by atoms with Crippen molar-refractivity contribution < 1.29 is 4.39 Å². The van der Waals surface area contributed by atoms with Gasteiger partial charge >= 0.3 is 0 Å². The van der Waals surface area contributed by atoms with Crippen LogP contribution in [-0.4, -0.2) is 24.1 Å². The van der Waals surface area contributed by atoms with Crippen LogP contribution in [0.25, 0.3) is 22.4 Å². The maximum atomic E-state index is 13.4. The van der Waals surface area contributed by atoms with E-state index in [2.05, 4.69) is 42.6 Å². The Morgan fingerprint density at radius 3 is 2.57 bits per heavy atom. The Balaban J connectivity index is 1.60. The fourth-order valence-electron chi connectivity index (χ4n) is 3.54. The molecule has 0 aliphatic heterocycles. The maximum Gasteiger partial charge on any atom is 0.143 e. The molecule has 0 saturated carbocycles. The van der Waals surface area contributed by atoms with E-state index in [1.54, 1.807) is 24.7 Å². The lowest BCUT2D eigenvalue weighted by molar-refractivity contribution is 0.626. The number of aromatic nitrogens is 5. The minimum Gasteiger partial charge on any atom is -0.333 e. The monoisotopic (exact) mass is 461 g/mol. The van der Waals surface area contributed by atoms with Crippen LogP contribution in [0.3, 0.4) is 0 Å². The predicted molar refractivity (Wildman–Crippen MR) is 117 cm³/mol. The molecule has 0 N–H and O–H groups in total. The first-order valence-corrected chi connectivity index (χ1v) is 10.3. The minimum absolute atomic E-state index is 0.242. The Morgan fingerprint density at radius 1 is 0.900 bits per heavy atom. The highest BCUT2D eigenvalue weighted by Crippen LogP contribution is 2.28. The van der Waals surface area contributed by atoms with Crippen molar-refractivity contribution in [3.8, 4) is 11.4 Å². The Bertz CT molecular complexity index is 1310. The number of hydrogen-bond donors (Lipinski definition) is 0. The molecule has 0 radical (unpaired) electrons. The van der Waals surface area contributed by atoms with Gasteiger partial charge in [-0.05, 0) is 47.5 Å². The van der Waals surface area contributed by atoms with Gasteiger partial charge in [-0.3, -0.25) is 4.98 Å². The molecule has 0 amide bonds. The van der Waals surface area contributed by atoms with E-state index in [1.807, 2.05) is 35.3 Å². The van der Waals surface area contributed by atoms with Crippen LogP contribution in [0.5, 0.6) is 0 Å². The van der Waals surface area contributed by atoms with Gasteiger partial charge in [0.2, 0.25) is 0 Å². The van der Waals surface area contributed by atoms with E-state index in [4.69, 9.17) is 4.98 Å². The van der Waals surface area contributed by atoms with Crippen molar-refractivity contribution in [1.29, 1.82) is 0 Å². The molecule has 0 atom stereocenters. The lowest BCUT2D eigenvalue weighted by atomic mass is 10.1. The molecule has 0 aliphatic carbocycles. The first-order chi connectivity index (χ1) is 14.7. The molecule has 5 rings (SSSR count). The zero-order chi connectivity index (χ0) is 20.5. The first kappa shape index (κ1) is 18.7. The average molecular weight is 462 g/mol. The number of pyridine rings is 1. The summed E-state index contributed by atoms with van der Waals surface area (Å²) in [6.45, 7) is 1.26. The van der Waals surface area contributed by atoms with Gasteiger partial charge in [-0.15, -0.1) is 0 Å². The van der Waals surface area contributed by atoms with Crippen LogP contribution in [0, 0.1) is 5.82 Å². The molecule has 0 bridgehead atoms. The second-order valence-electron chi connectivity index (χ2n) is 7.10. The molecular weight excluding hydrogens is 445 g/mol. The van der Waals surface area contributed by atoms with Crippen LogP contribution in [0.4, 0.5) is 4.39 Å². The number of fused-ring (bicyclic) bond motifs is 1. The van der Waals surface area contributed by atoms with E-state index in [1.165, 1.54) is 12.1 Å². The van der Waals surface area contributed by atoms with Gasteiger partial charge < -0.3 is 9.13 Å². The Morgan fingerprint density at radius 2 is 1.77 bits per heavy atom. The highest BCUT2D eigenvalue weighted by Gasteiger charge is 2.15. The molecule has 0 unspecified atom stereocenters. The number of imidazole rings is 2. The van der Waals surface area contributed by atoms with Gasteiger partial charge in [0, 0.05) is 41.4 Å². The molecule has 0 spiro atoms. The second kappa shape index (κ2) is 7.84. The summed E-state index contributed by atoms with van der Waals surface area (Å²) in [5.41, 5.74) is 4.90. The maximum absolute atomic E-state index is 13.4. The molecule has 2 aromatic carbocycles. The first-order valence-electron chi connectivity index (χ1n) is 9.46. The standard InChI is InChI=1S/C23H17BrFN5/c24-19-3-6-21-22(10-19)30(14-16-1-4-20(25)5-2-16)23(28-21)18-9-17(11-27-12-18)13-29-8-7-26-15-29/h1-12,15H,13-14H2. The Labute approximate surface area is 181 Å². The summed E-state index contributed by atoms with van der Waals surface area (Å²) in [4.78, 5) is 13.4. The number of hydrogen-bond acceptors (Lipinski definition) is 3. The van der Waals surface area contributed by atoms with Crippen LogP contribution in [0.2, 0.25) is 0 Å². The van der Waals surface area contributed by atoms with Crippen molar-refractivity contribution in [3.63, 3.8) is 0 Å². The van der Waals surface area contributed by atoms with E-state index in [-0.39, 0.29) is 5.82 Å². The average Bonchev–Trinajstić information content (AvgIpc) is 3.38. The lowest BCUT2D eigenvalue weighted by Crippen LogP contribution is -2.04. The lowest BCUT2D eigenvalue weighted by Gasteiger charge is -2.11. The molecule has 5 nitrogen and oxygen atoms in total. The van der Waals surface area contributed by atoms with Gasteiger partial charge in [0.1, 0.15) is 11.6 Å². The third-order valence-electron chi connectivity index (χ3n) is 4.94. The molecule has 3 heterocycles. The van der Waals surface area contributed by atoms with Crippen LogP contribution >= 0.6 is 15.9 Å². The molecule has 0 fully saturated rings. The van der Waals surface area contributed by atoms with Gasteiger partial charge in [0.05, 0.1) is 23.9 Å². The van der Waals surface area contributed by atoms with Crippen LogP contribution < -0.4 is 0 Å². The molecular formula is C23H17BrFN5. The molecule has 3 aromatic heterocycles. The normalized spacial score (nSPS) is 11.3. The van der Waals surface area contributed by atoms with Crippen molar-refractivity contribution >= 4 is 27.0 Å². The largest absolute Gasteiger partial charge is 0.333 e. The van der Waals surface area contributed by atoms with Crippen LogP contribution in [-0.2, 0) is 13.1 Å². The van der Waals surface area contributed by atoms with Gasteiger partial charge in [-0.25, -0.2) is 14.4 Å². The van der Waals surface area contributed by atoms with E-state index in [0.717, 1.165) is 38.0 Å². The highest BCUT2D eigenvalue weighted by atomic mass is 79.9. The number of rotatable bonds is 5. The summed E-state index contributed by atoms with van der Waals surface area (Å²) < 4.78 is 18.5. The molecule has 7 heteroatoms. The number of halogens is 2. The van der Waals surface area contributed by atoms with E-state index < -0.39 is 0 Å². The van der Waals surface area contributed by atoms with E-state index in [0.29, 0.717) is 13.1 Å². The zero-order valence-electron chi connectivity index (χ0n) is 15.9. The fraction of sp³-hybridized carbons (Fsp3) is 0.0870. The van der Waals surface area contributed by atoms with Crippen molar-refractivity contribution in [2.24, 2.45) is 0 Å². The minimum atomic E-state index is -0.242. The van der Waals surface area contributed by atoms with Crippen molar-refractivity contribution in [3.05, 3.63) is 101 Å². The summed E-state index contributed by atoms with van der Waals surface area (Å²) in [6, 6.07) is 14.7. The van der Waals surface area contributed by atoms with Crippen molar-refractivity contribution in [2.75, 3.05) is 0 Å². The SMILES string of the molecule is Fc1ccc(Cn2c(-c3cncc(Cn4ccnc4)c3)nc3ccc(Br)cc32)cc1. The number of nitrogens with zero attached hydrogens (tertiary/aromatic N) is 5. The van der Waals surface area contributed by atoms with E-state index >= 15 is 0 Å². The summed E-state index contributed by atoms with van der Waals surface area (Å²) in [7, 11) is 0. The summed E-state index contributed by atoms with van der Waals surface area (Å²) >= 11 is 3.56. The van der Waals surface area contributed by atoms with Gasteiger partial charge in [-0.1, -0.05) is 28.1 Å². The quantitative estimate of drug-likeness (QED) is 0.357. The van der Waals surface area contributed by atoms with E-state index in [9.17, 15) is 4.39 Å². The molecule has 0 aliphatic rings. The smallest absolute Gasteiger partial charge is 0.143 e. The third-order valence-corrected chi connectivity index (χ3v) is 5.43. The highest BCUT2D eigenvalue weighted by molar-refractivity contribution is 9.10. The zero-order valence-corrected chi connectivity index (χ0v) is 17.5. The summed E-state index contributed by atoms with van der Waals surface area (Å²) in [5.74, 6) is 0.584. The van der Waals surface area contributed by atoms with Gasteiger partial charge in [0.15, 0.2) is 0 Å². The van der Waals surface area contributed by atoms with Crippen LogP contribution in [0.1, 0.15) is 11.1 Å². The van der Waals surface area contributed by atoms with Gasteiger partial charge in [-0.2, -0.15) is 0 Å². The van der Waals surface area contributed by atoms with Crippen molar-refractivity contribution in [1.82, 2.24) is 24.1 Å². The van der Waals surface area contributed by atoms with Crippen molar-refractivity contribution in [2.45, 2.75) is 13.1 Å². The summed E-state index contributed by atoms with van der Waals surface area (Å²) in [6.07, 6.45) is 9.15. The molecule has 148 valence electrons. The Hall–Kier alpha value is -3.32. The molecule has 0 saturated heterocycles. The fourth-order valence-corrected chi connectivity index (χ4v) is 3.89. The number of benzene rings is 2. The topological polar surface area (TPSA) is 48.5 Å². The molecule has 5 aromatic rings. The predicted octanol–water partition coefficient (Wildman–Crippen LogP) is 5.29. The molecule has 30 heavy (non-hydrogen) atoms. The van der Waals surface area contributed by atoms with Gasteiger partial charge in [0.25, 0.3) is 0 Å².